The average molecular weight is 334 g/mol. The van der Waals surface area contributed by atoms with Crippen LogP contribution in [0.15, 0.2) is 30.3 Å². The van der Waals surface area contributed by atoms with Gasteiger partial charge in [0, 0.05) is 19.0 Å². The molecule has 1 aromatic rings. The molecular weight excluding hydrogens is 308 g/mol. The zero-order chi connectivity index (χ0) is 17.7. The Kier molecular flexibility index (Phi) is 5.83. The molecule has 1 unspecified atom stereocenters. The average Bonchev–Trinajstić information content (AvgIpc) is 3.01. The summed E-state index contributed by atoms with van der Waals surface area (Å²) in [5, 5.41) is 0. The molecular formula is C18H26N2O4. The van der Waals surface area contributed by atoms with E-state index in [4.69, 9.17) is 15.2 Å². The Hall–Kier alpha value is -2.08. The molecule has 2 N–H and O–H groups in total. The first kappa shape index (κ1) is 18.3. The molecule has 1 aromatic carbocycles. The fraction of sp³-hybridized carbons (Fsp3) is 0.556. The molecule has 2 rings (SSSR count). The Morgan fingerprint density at radius 1 is 1.29 bits per heavy atom. The summed E-state index contributed by atoms with van der Waals surface area (Å²) in [7, 11) is 0. The minimum Gasteiger partial charge on any atom is -0.459 e. The van der Waals surface area contributed by atoms with E-state index < -0.39 is 17.6 Å². The minimum atomic E-state index is -0.726. The summed E-state index contributed by atoms with van der Waals surface area (Å²) in [6.45, 7) is 6.60. The van der Waals surface area contributed by atoms with Crippen LogP contribution in [0.5, 0.6) is 0 Å². The third-order valence-corrected chi connectivity index (χ3v) is 3.87. The van der Waals surface area contributed by atoms with Crippen molar-refractivity contribution in [2.45, 2.75) is 45.4 Å². The van der Waals surface area contributed by atoms with Gasteiger partial charge in [0.2, 0.25) is 0 Å². The number of carbonyl (C=O) groups is 2. The summed E-state index contributed by atoms with van der Waals surface area (Å²) in [6, 6.07) is 8.78. The van der Waals surface area contributed by atoms with E-state index in [1.54, 1.807) is 25.7 Å². The SMILES string of the molecule is CC(C)(C)OC(=O)C(N)[C@@H]1CCN(C(=O)OCc2ccccc2)C1. The largest absolute Gasteiger partial charge is 0.459 e. The number of hydrogen-bond acceptors (Lipinski definition) is 5. The van der Waals surface area contributed by atoms with Gasteiger partial charge in [-0.1, -0.05) is 30.3 Å². The Bertz CT molecular complexity index is 568. The molecule has 1 saturated heterocycles. The first-order chi connectivity index (χ1) is 11.3. The van der Waals surface area contributed by atoms with Crippen LogP contribution in [0.4, 0.5) is 4.79 Å². The van der Waals surface area contributed by atoms with Crippen molar-refractivity contribution in [3.8, 4) is 0 Å². The molecule has 1 aliphatic heterocycles. The van der Waals surface area contributed by atoms with Gasteiger partial charge in [0.25, 0.3) is 0 Å². The van der Waals surface area contributed by atoms with Gasteiger partial charge in [-0.3, -0.25) is 4.79 Å². The topological polar surface area (TPSA) is 81.9 Å². The number of ether oxygens (including phenoxy) is 2. The zero-order valence-corrected chi connectivity index (χ0v) is 14.5. The van der Waals surface area contributed by atoms with Gasteiger partial charge >= 0.3 is 12.1 Å². The molecule has 0 aromatic heterocycles. The van der Waals surface area contributed by atoms with Gasteiger partial charge in [0.05, 0.1) is 0 Å². The number of esters is 1. The lowest BCUT2D eigenvalue weighted by atomic mass is 10.00. The van der Waals surface area contributed by atoms with E-state index in [2.05, 4.69) is 0 Å². The number of nitrogens with two attached hydrogens (primary N) is 1. The molecule has 24 heavy (non-hydrogen) atoms. The first-order valence-corrected chi connectivity index (χ1v) is 8.20. The summed E-state index contributed by atoms with van der Waals surface area (Å²) in [5.74, 6) is -0.531. The van der Waals surface area contributed by atoms with Gasteiger partial charge in [0.15, 0.2) is 0 Å². The number of likely N-dealkylation sites (tertiary alicyclic amines) is 1. The zero-order valence-electron chi connectivity index (χ0n) is 14.5. The van der Waals surface area contributed by atoms with E-state index in [0.29, 0.717) is 19.5 Å². The molecule has 1 aliphatic rings. The maximum Gasteiger partial charge on any atom is 0.410 e. The van der Waals surface area contributed by atoms with Crippen LogP contribution < -0.4 is 5.73 Å². The summed E-state index contributed by atoms with van der Waals surface area (Å²) in [5.41, 5.74) is 6.37. The van der Waals surface area contributed by atoms with E-state index in [0.717, 1.165) is 5.56 Å². The van der Waals surface area contributed by atoms with Gasteiger partial charge < -0.3 is 20.1 Å². The monoisotopic (exact) mass is 334 g/mol. The van der Waals surface area contributed by atoms with E-state index in [-0.39, 0.29) is 18.6 Å². The third kappa shape index (κ3) is 5.23. The summed E-state index contributed by atoms with van der Waals surface area (Å²) in [6.07, 6.45) is 0.290. The lowest BCUT2D eigenvalue weighted by molar-refractivity contribution is -0.157. The maximum absolute atomic E-state index is 12.1. The Morgan fingerprint density at radius 2 is 1.96 bits per heavy atom. The molecule has 132 valence electrons. The lowest BCUT2D eigenvalue weighted by Crippen LogP contribution is -2.44. The molecule has 0 aliphatic carbocycles. The summed E-state index contributed by atoms with van der Waals surface area (Å²) in [4.78, 5) is 25.8. The Labute approximate surface area is 142 Å². The number of benzene rings is 1. The Balaban J connectivity index is 1.81. The molecule has 0 bridgehead atoms. The summed E-state index contributed by atoms with van der Waals surface area (Å²) >= 11 is 0. The predicted molar refractivity (Wildman–Crippen MR) is 90.1 cm³/mol. The molecule has 1 heterocycles. The van der Waals surface area contributed by atoms with Crippen LogP contribution in [0.3, 0.4) is 0 Å². The van der Waals surface area contributed by atoms with Crippen molar-refractivity contribution in [1.29, 1.82) is 0 Å². The molecule has 6 nitrogen and oxygen atoms in total. The standard InChI is InChI=1S/C18H26N2O4/c1-18(2,3)24-16(21)15(19)14-9-10-20(11-14)17(22)23-12-13-7-5-4-6-8-13/h4-8,14-15H,9-12,19H2,1-3H3/t14-,15?/m1/s1. The Morgan fingerprint density at radius 3 is 2.58 bits per heavy atom. The van der Waals surface area contributed by atoms with Crippen LogP contribution in [0.1, 0.15) is 32.8 Å². The smallest absolute Gasteiger partial charge is 0.410 e. The molecule has 2 atom stereocenters. The van der Waals surface area contributed by atoms with Gasteiger partial charge in [0.1, 0.15) is 18.2 Å². The van der Waals surface area contributed by atoms with Crippen molar-refractivity contribution in [2.75, 3.05) is 13.1 Å². The van der Waals surface area contributed by atoms with Crippen LogP contribution in [-0.4, -0.2) is 41.7 Å². The van der Waals surface area contributed by atoms with Crippen LogP contribution in [0, 0.1) is 5.92 Å². The van der Waals surface area contributed by atoms with E-state index in [9.17, 15) is 9.59 Å². The number of amides is 1. The fourth-order valence-electron chi connectivity index (χ4n) is 2.62. The highest BCUT2D eigenvalue weighted by Crippen LogP contribution is 2.22. The second-order valence-corrected chi connectivity index (χ2v) is 7.09. The van der Waals surface area contributed by atoms with E-state index >= 15 is 0 Å². The van der Waals surface area contributed by atoms with Gasteiger partial charge in [-0.15, -0.1) is 0 Å². The number of carbonyl (C=O) groups excluding carboxylic acids is 2. The van der Waals surface area contributed by atoms with Gasteiger partial charge in [-0.25, -0.2) is 4.79 Å². The molecule has 1 fully saturated rings. The third-order valence-electron chi connectivity index (χ3n) is 3.87. The lowest BCUT2D eigenvalue weighted by Gasteiger charge is -2.25. The molecule has 0 spiro atoms. The molecule has 6 heteroatoms. The number of nitrogens with zero attached hydrogens (tertiary/aromatic N) is 1. The second kappa shape index (κ2) is 7.66. The highest BCUT2D eigenvalue weighted by atomic mass is 16.6. The fourth-order valence-corrected chi connectivity index (χ4v) is 2.62. The highest BCUT2D eigenvalue weighted by Gasteiger charge is 2.36. The quantitative estimate of drug-likeness (QED) is 0.855. The van der Waals surface area contributed by atoms with Crippen molar-refractivity contribution >= 4 is 12.1 Å². The van der Waals surface area contributed by atoms with Gasteiger partial charge in [-0.2, -0.15) is 0 Å². The molecule has 0 radical (unpaired) electrons. The molecule has 0 saturated carbocycles. The number of rotatable bonds is 4. The summed E-state index contributed by atoms with van der Waals surface area (Å²) < 4.78 is 10.6. The van der Waals surface area contributed by atoms with Gasteiger partial charge in [-0.05, 0) is 32.8 Å². The normalized spacial score (nSPS) is 19.0. The highest BCUT2D eigenvalue weighted by molar-refractivity contribution is 5.76. The van der Waals surface area contributed by atoms with Crippen molar-refractivity contribution in [2.24, 2.45) is 11.7 Å². The molecule has 1 amide bonds. The van der Waals surface area contributed by atoms with E-state index in [1.165, 1.54) is 0 Å². The predicted octanol–water partition coefficient (Wildman–Crippen LogP) is 2.31. The number of hydrogen-bond donors (Lipinski definition) is 1. The van der Waals surface area contributed by atoms with Crippen molar-refractivity contribution in [3.63, 3.8) is 0 Å². The van der Waals surface area contributed by atoms with Crippen molar-refractivity contribution in [1.82, 2.24) is 4.90 Å². The maximum atomic E-state index is 12.1. The second-order valence-electron chi connectivity index (χ2n) is 7.09. The van der Waals surface area contributed by atoms with Crippen LogP contribution >= 0.6 is 0 Å². The van der Waals surface area contributed by atoms with Crippen LogP contribution in [-0.2, 0) is 20.9 Å². The van der Waals surface area contributed by atoms with Crippen LogP contribution in [0.2, 0.25) is 0 Å². The van der Waals surface area contributed by atoms with Crippen LogP contribution in [0.25, 0.3) is 0 Å². The van der Waals surface area contributed by atoms with Crippen molar-refractivity contribution < 1.29 is 19.1 Å². The first-order valence-electron chi connectivity index (χ1n) is 8.20. The van der Waals surface area contributed by atoms with E-state index in [1.807, 2.05) is 30.3 Å². The van der Waals surface area contributed by atoms with Crippen molar-refractivity contribution in [3.05, 3.63) is 35.9 Å². The minimum absolute atomic E-state index is 0.107.